The highest BCUT2D eigenvalue weighted by atomic mass is 35.5. The third kappa shape index (κ3) is 2.20. The van der Waals surface area contributed by atoms with Crippen LogP contribution in [0, 0.1) is 17.8 Å². The molecule has 3 atom stereocenters. The van der Waals surface area contributed by atoms with Crippen LogP contribution in [-0.2, 0) is 9.53 Å². The SMILES string of the molecule is CCOC(=O)C1[C@H]2CCNCC[C@@H]12.Cl. The molecule has 3 nitrogen and oxygen atoms in total. The second-order valence-electron chi connectivity index (χ2n) is 3.93. The number of hydrogen-bond donors (Lipinski definition) is 1. The van der Waals surface area contributed by atoms with Gasteiger partial charge >= 0.3 is 5.97 Å². The minimum atomic E-state index is 0. The van der Waals surface area contributed by atoms with Gasteiger partial charge in [0, 0.05) is 0 Å². The highest BCUT2D eigenvalue weighted by Crippen LogP contribution is 2.51. The number of rotatable bonds is 2. The van der Waals surface area contributed by atoms with E-state index in [9.17, 15) is 4.79 Å². The van der Waals surface area contributed by atoms with Gasteiger partial charge in [0.25, 0.3) is 0 Å². The number of ether oxygens (including phenoxy) is 1. The first kappa shape index (κ1) is 11.8. The van der Waals surface area contributed by atoms with Crippen molar-refractivity contribution in [2.75, 3.05) is 19.7 Å². The average Bonchev–Trinajstić information content (AvgIpc) is 2.77. The van der Waals surface area contributed by atoms with E-state index in [1.807, 2.05) is 6.92 Å². The first-order valence-corrected chi connectivity index (χ1v) is 5.22. The lowest BCUT2D eigenvalue weighted by molar-refractivity contribution is -0.145. The predicted molar refractivity (Wildman–Crippen MR) is 56.5 cm³/mol. The van der Waals surface area contributed by atoms with Gasteiger partial charge in [-0.2, -0.15) is 0 Å². The summed E-state index contributed by atoms with van der Waals surface area (Å²) in [6, 6.07) is 0. The molecule has 0 bridgehead atoms. The van der Waals surface area contributed by atoms with Gasteiger partial charge < -0.3 is 10.1 Å². The van der Waals surface area contributed by atoms with E-state index in [4.69, 9.17) is 4.74 Å². The minimum Gasteiger partial charge on any atom is -0.466 e. The molecule has 14 heavy (non-hydrogen) atoms. The van der Waals surface area contributed by atoms with Crippen LogP contribution in [0.5, 0.6) is 0 Å². The molecule has 1 N–H and O–H groups in total. The molecule has 1 aliphatic carbocycles. The normalized spacial score (nSPS) is 34.8. The molecule has 0 aromatic heterocycles. The minimum absolute atomic E-state index is 0. The van der Waals surface area contributed by atoms with Gasteiger partial charge in [-0.3, -0.25) is 4.79 Å². The first-order valence-electron chi connectivity index (χ1n) is 5.22. The maximum Gasteiger partial charge on any atom is 0.309 e. The number of fused-ring (bicyclic) bond motifs is 1. The molecule has 0 aromatic carbocycles. The third-order valence-electron chi connectivity index (χ3n) is 3.20. The van der Waals surface area contributed by atoms with Crippen molar-refractivity contribution in [3.63, 3.8) is 0 Å². The van der Waals surface area contributed by atoms with Crippen molar-refractivity contribution in [2.24, 2.45) is 17.8 Å². The van der Waals surface area contributed by atoms with Gasteiger partial charge in [-0.1, -0.05) is 0 Å². The Morgan fingerprint density at radius 1 is 1.36 bits per heavy atom. The Kier molecular flexibility index (Phi) is 4.20. The summed E-state index contributed by atoms with van der Waals surface area (Å²) in [6.45, 7) is 4.53. The Labute approximate surface area is 91.0 Å². The quantitative estimate of drug-likeness (QED) is 0.710. The molecule has 0 amide bonds. The van der Waals surface area contributed by atoms with Crippen molar-refractivity contribution < 1.29 is 9.53 Å². The van der Waals surface area contributed by atoms with Gasteiger partial charge in [0.15, 0.2) is 0 Å². The molecule has 2 rings (SSSR count). The van der Waals surface area contributed by atoms with Crippen molar-refractivity contribution in [3.05, 3.63) is 0 Å². The van der Waals surface area contributed by atoms with Gasteiger partial charge in [0.05, 0.1) is 12.5 Å². The van der Waals surface area contributed by atoms with Gasteiger partial charge in [-0.15, -0.1) is 12.4 Å². The van der Waals surface area contributed by atoms with E-state index >= 15 is 0 Å². The number of hydrogen-bond acceptors (Lipinski definition) is 3. The van der Waals surface area contributed by atoms with Gasteiger partial charge in [-0.25, -0.2) is 0 Å². The molecule has 1 saturated heterocycles. The molecule has 2 fully saturated rings. The van der Waals surface area contributed by atoms with Gasteiger partial charge in [-0.05, 0) is 44.7 Å². The fraction of sp³-hybridized carbons (Fsp3) is 0.900. The maximum atomic E-state index is 11.4. The van der Waals surface area contributed by atoms with Crippen LogP contribution in [0.3, 0.4) is 0 Å². The summed E-state index contributed by atoms with van der Waals surface area (Å²) in [6.07, 6.45) is 2.29. The van der Waals surface area contributed by atoms with Gasteiger partial charge in [0.1, 0.15) is 0 Å². The molecule has 0 radical (unpaired) electrons. The average molecular weight is 220 g/mol. The molecule has 1 heterocycles. The summed E-state index contributed by atoms with van der Waals surface area (Å²) in [4.78, 5) is 11.4. The van der Waals surface area contributed by atoms with Crippen LogP contribution in [0.15, 0.2) is 0 Å². The smallest absolute Gasteiger partial charge is 0.309 e. The molecule has 2 aliphatic rings. The van der Waals surface area contributed by atoms with Gasteiger partial charge in [0.2, 0.25) is 0 Å². The monoisotopic (exact) mass is 219 g/mol. The van der Waals surface area contributed by atoms with E-state index in [-0.39, 0.29) is 24.3 Å². The lowest BCUT2D eigenvalue weighted by Gasteiger charge is -2.03. The largest absolute Gasteiger partial charge is 0.466 e. The third-order valence-corrected chi connectivity index (χ3v) is 3.20. The molecule has 1 saturated carbocycles. The van der Waals surface area contributed by atoms with Crippen molar-refractivity contribution in [1.82, 2.24) is 5.32 Å². The lowest BCUT2D eigenvalue weighted by atomic mass is 10.2. The van der Waals surface area contributed by atoms with Crippen molar-refractivity contribution >= 4 is 18.4 Å². The van der Waals surface area contributed by atoms with E-state index in [1.165, 1.54) is 0 Å². The first-order chi connectivity index (χ1) is 6.34. The Balaban J connectivity index is 0.000000980. The summed E-state index contributed by atoms with van der Waals surface area (Å²) in [5.74, 6) is 1.52. The van der Waals surface area contributed by atoms with Crippen LogP contribution >= 0.6 is 12.4 Å². The van der Waals surface area contributed by atoms with Crippen LogP contribution in [0.1, 0.15) is 19.8 Å². The Morgan fingerprint density at radius 3 is 2.43 bits per heavy atom. The summed E-state index contributed by atoms with van der Waals surface area (Å²) < 4.78 is 5.04. The number of esters is 1. The second-order valence-corrected chi connectivity index (χ2v) is 3.93. The number of carbonyl (C=O) groups is 1. The molecular formula is C10H18ClNO2. The van der Waals surface area contributed by atoms with Crippen molar-refractivity contribution in [1.29, 1.82) is 0 Å². The zero-order valence-electron chi connectivity index (χ0n) is 8.49. The Morgan fingerprint density at radius 2 is 1.93 bits per heavy atom. The van der Waals surface area contributed by atoms with E-state index in [1.54, 1.807) is 0 Å². The topological polar surface area (TPSA) is 38.3 Å². The van der Waals surface area contributed by atoms with Crippen LogP contribution in [0.2, 0.25) is 0 Å². The molecular weight excluding hydrogens is 202 g/mol. The molecule has 4 heteroatoms. The fourth-order valence-electron chi connectivity index (χ4n) is 2.48. The number of carbonyl (C=O) groups excluding carboxylic acids is 1. The maximum absolute atomic E-state index is 11.4. The number of halogens is 1. The summed E-state index contributed by atoms with van der Waals surface area (Å²) >= 11 is 0. The van der Waals surface area contributed by atoms with E-state index in [0.717, 1.165) is 25.9 Å². The van der Waals surface area contributed by atoms with E-state index in [0.29, 0.717) is 18.4 Å². The molecule has 82 valence electrons. The zero-order chi connectivity index (χ0) is 9.26. The molecule has 0 aromatic rings. The predicted octanol–water partition coefficient (Wildman–Crippen LogP) is 1.22. The lowest BCUT2D eigenvalue weighted by Crippen LogP contribution is -2.18. The second kappa shape index (κ2) is 4.99. The van der Waals surface area contributed by atoms with E-state index < -0.39 is 0 Å². The van der Waals surface area contributed by atoms with Crippen LogP contribution in [-0.4, -0.2) is 25.7 Å². The van der Waals surface area contributed by atoms with Crippen LogP contribution in [0.25, 0.3) is 0 Å². The Bertz CT molecular complexity index is 198. The summed E-state index contributed by atoms with van der Waals surface area (Å²) in [5, 5.41) is 3.35. The van der Waals surface area contributed by atoms with Crippen molar-refractivity contribution in [3.8, 4) is 0 Å². The molecule has 1 unspecified atom stereocenters. The molecule has 0 spiro atoms. The van der Waals surface area contributed by atoms with E-state index in [2.05, 4.69) is 5.32 Å². The van der Waals surface area contributed by atoms with Crippen LogP contribution in [0.4, 0.5) is 0 Å². The summed E-state index contributed by atoms with van der Waals surface area (Å²) in [5.41, 5.74) is 0. The van der Waals surface area contributed by atoms with Crippen molar-refractivity contribution in [2.45, 2.75) is 19.8 Å². The number of nitrogens with one attached hydrogen (secondary N) is 1. The summed E-state index contributed by atoms with van der Waals surface area (Å²) in [7, 11) is 0. The standard InChI is InChI=1S/C10H17NO2.ClH/c1-2-13-10(12)9-7-3-5-11-6-4-8(7)9;/h7-9,11H,2-6H2,1H3;1H/t7-,8+,9?;. The highest BCUT2D eigenvalue weighted by molar-refractivity contribution is 5.85. The highest BCUT2D eigenvalue weighted by Gasteiger charge is 2.54. The zero-order valence-corrected chi connectivity index (χ0v) is 9.31. The Hall–Kier alpha value is -0.280. The van der Waals surface area contributed by atoms with Crippen LogP contribution < -0.4 is 5.32 Å². The fourth-order valence-corrected chi connectivity index (χ4v) is 2.48. The molecule has 1 aliphatic heterocycles.